The van der Waals surface area contributed by atoms with E-state index in [0.717, 1.165) is 0 Å². The van der Waals surface area contributed by atoms with Gasteiger partial charge in [-0.2, -0.15) is 0 Å². The molecule has 2 atom stereocenters. The van der Waals surface area contributed by atoms with Gasteiger partial charge in [-0.05, 0) is 55.4 Å². The molecule has 2 amide bonds. The molecular formula is C23H48N4O5P2. The molecule has 2 unspecified atom stereocenters. The van der Waals surface area contributed by atoms with Gasteiger partial charge in [0, 0.05) is 37.3 Å². The SMILES string of the molecule is C=CCOP(OCCNC(=O)NCCOP(OCC=C)N(C(C)C)C(C)C)N(C(C)C)C(C)C. The first kappa shape index (κ1) is 33.4. The Morgan fingerprint density at radius 2 is 1.03 bits per heavy atom. The van der Waals surface area contributed by atoms with Crippen molar-refractivity contribution in [1.82, 2.24) is 20.0 Å². The Kier molecular flexibility index (Phi) is 19.2. The number of nitrogens with one attached hydrogen (secondary N) is 2. The third-order valence-electron chi connectivity index (χ3n) is 4.28. The highest BCUT2D eigenvalue weighted by Crippen LogP contribution is 2.46. The summed E-state index contributed by atoms with van der Waals surface area (Å²) in [6.45, 7) is 26.6. The highest BCUT2D eigenvalue weighted by Gasteiger charge is 2.27. The van der Waals surface area contributed by atoms with Crippen molar-refractivity contribution in [2.24, 2.45) is 0 Å². The summed E-state index contributed by atoms with van der Waals surface area (Å²) in [6.07, 6.45) is 3.42. The van der Waals surface area contributed by atoms with E-state index in [1.54, 1.807) is 12.2 Å². The topological polar surface area (TPSA) is 84.5 Å². The Morgan fingerprint density at radius 3 is 1.29 bits per heavy atom. The van der Waals surface area contributed by atoms with E-state index < -0.39 is 17.1 Å². The predicted octanol–water partition coefficient (Wildman–Crippen LogP) is 5.42. The third-order valence-corrected chi connectivity index (χ3v) is 8.43. The summed E-state index contributed by atoms with van der Waals surface area (Å²) in [5.74, 6) is 0. The van der Waals surface area contributed by atoms with Crippen LogP contribution in [0.25, 0.3) is 0 Å². The quantitative estimate of drug-likeness (QED) is 0.126. The van der Waals surface area contributed by atoms with Gasteiger partial charge in [0.25, 0.3) is 17.1 Å². The van der Waals surface area contributed by atoms with E-state index in [0.29, 0.717) is 39.5 Å². The minimum atomic E-state index is -1.24. The van der Waals surface area contributed by atoms with Crippen LogP contribution >= 0.6 is 17.1 Å². The Balaban J connectivity index is 4.46. The molecule has 0 aromatic heterocycles. The number of urea groups is 1. The molecule has 0 radical (unpaired) electrons. The average molecular weight is 523 g/mol. The molecule has 0 aliphatic heterocycles. The number of nitrogens with zero attached hydrogens (tertiary/aromatic N) is 2. The molecule has 0 bridgehead atoms. The fraction of sp³-hybridized carbons (Fsp3) is 0.783. The highest BCUT2D eigenvalue weighted by atomic mass is 31.2. The maximum Gasteiger partial charge on any atom is 0.314 e. The zero-order valence-corrected chi connectivity index (χ0v) is 24.2. The Bertz CT molecular complexity index is 505. The standard InChI is InChI=1S/C23H48N4O5P2/c1-11-15-29-33(26(19(3)4)20(5)6)31-17-13-24-23(28)25-14-18-32-34(30-16-12-2)27(21(7)8)22(9)10/h11-12,19-22H,1-2,13-18H2,3-10H3,(H2,24,25,28). The first-order valence-corrected chi connectivity index (χ1v) is 14.2. The molecule has 0 aromatic rings. The van der Waals surface area contributed by atoms with Gasteiger partial charge in [-0.25, -0.2) is 14.1 Å². The van der Waals surface area contributed by atoms with Crippen molar-refractivity contribution in [1.29, 1.82) is 0 Å². The van der Waals surface area contributed by atoms with Crippen LogP contribution in [0.15, 0.2) is 25.3 Å². The van der Waals surface area contributed by atoms with Crippen LogP contribution in [-0.4, -0.2) is 79.1 Å². The lowest BCUT2D eigenvalue weighted by atomic mass is 10.3. The minimum Gasteiger partial charge on any atom is -0.336 e. The third kappa shape index (κ3) is 14.1. The number of hydrogen-bond donors (Lipinski definition) is 2. The maximum atomic E-state index is 12.1. The number of rotatable bonds is 20. The predicted molar refractivity (Wildman–Crippen MR) is 144 cm³/mol. The molecule has 0 spiro atoms. The first-order chi connectivity index (χ1) is 16.1. The van der Waals surface area contributed by atoms with E-state index in [-0.39, 0.29) is 30.2 Å². The number of carbonyl (C=O) groups is 1. The zero-order chi connectivity index (χ0) is 26.1. The van der Waals surface area contributed by atoms with Crippen LogP contribution in [0.1, 0.15) is 55.4 Å². The van der Waals surface area contributed by atoms with Crippen LogP contribution in [0.3, 0.4) is 0 Å². The van der Waals surface area contributed by atoms with Crippen molar-refractivity contribution in [2.45, 2.75) is 79.6 Å². The largest absolute Gasteiger partial charge is 0.336 e. The number of hydrogen-bond acceptors (Lipinski definition) is 7. The van der Waals surface area contributed by atoms with Gasteiger partial charge in [0.1, 0.15) is 0 Å². The molecule has 2 N–H and O–H groups in total. The van der Waals surface area contributed by atoms with Gasteiger partial charge in [-0.1, -0.05) is 12.2 Å². The van der Waals surface area contributed by atoms with E-state index in [2.05, 4.69) is 88.5 Å². The molecular weight excluding hydrogens is 474 g/mol. The van der Waals surface area contributed by atoms with Crippen LogP contribution in [0, 0.1) is 0 Å². The summed E-state index contributed by atoms with van der Waals surface area (Å²) in [4.78, 5) is 12.1. The first-order valence-electron chi connectivity index (χ1n) is 12.0. The molecule has 0 saturated heterocycles. The van der Waals surface area contributed by atoms with Gasteiger partial charge < -0.3 is 28.7 Å². The second-order valence-electron chi connectivity index (χ2n) is 8.63. The lowest BCUT2D eigenvalue weighted by Crippen LogP contribution is -2.39. The summed E-state index contributed by atoms with van der Waals surface area (Å²) in [5, 5.41) is 5.62. The Labute approximate surface area is 210 Å². The smallest absolute Gasteiger partial charge is 0.314 e. The molecule has 34 heavy (non-hydrogen) atoms. The van der Waals surface area contributed by atoms with E-state index in [4.69, 9.17) is 18.1 Å². The molecule has 0 rings (SSSR count). The second-order valence-corrected chi connectivity index (χ2v) is 11.5. The van der Waals surface area contributed by atoms with Crippen molar-refractivity contribution >= 4 is 23.1 Å². The van der Waals surface area contributed by atoms with Crippen molar-refractivity contribution < 1.29 is 22.9 Å². The Hall–Kier alpha value is -0.630. The van der Waals surface area contributed by atoms with Gasteiger partial charge in [-0.3, -0.25) is 0 Å². The summed E-state index contributed by atoms with van der Waals surface area (Å²) in [7, 11) is -2.47. The van der Waals surface area contributed by atoms with Gasteiger partial charge >= 0.3 is 6.03 Å². The molecule has 0 aliphatic carbocycles. The monoisotopic (exact) mass is 522 g/mol. The normalized spacial score (nSPS) is 13.8. The van der Waals surface area contributed by atoms with Crippen molar-refractivity contribution in [3.8, 4) is 0 Å². The zero-order valence-electron chi connectivity index (χ0n) is 22.5. The summed E-state index contributed by atoms with van der Waals surface area (Å²) < 4.78 is 28.0. The van der Waals surface area contributed by atoms with Gasteiger partial charge in [0.2, 0.25) is 0 Å². The second kappa shape index (κ2) is 19.5. The summed E-state index contributed by atoms with van der Waals surface area (Å²) in [5.41, 5.74) is 0. The van der Waals surface area contributed by atoms with Crippen molar-refractivity contribution in [3.05, 3.63) is 25.3 Å². The minimum absolute atomic E-state index is 0.269. The molecule has 9 nitrogen and oxygen atoms in total. The molecule has 200 valence electrons. The molecule has 0 heterocycles. The molecule has 0 aliphatic rings. The van der Waals surface area contributed by atoms with E-state index in [1.807, 2.05) is 0 Å². The van der Waals surface area contributed by atoms with Crippen LogP contribution < -0.4 is 10.6 Å². The molecule has 0 fully saturated rings. The van der Waals surface area contributed by atoms with Crippen molar-refractivity contribution in [3.63, 3.8) is 0 Å². The lowest BCUT2D eigenvalue weighted by molar-refractivity contribution is 0.181. The molecule has 0 aromatic carbocycles. The maximum absolute atomic E-state index is 12.1. The van der Waals surface area contributed by atoms with E-state index in [1.165, 1.54) is 0 Å². The number of carbonyl (C=O) groups excluding carboxylic acids is 1. The highest BCUT2D eigenvalue weighted by molar-refractivity contribution is 7.44. The van der Waals surface area contributed by atoms with E-state index in [9.17, 15) is 4.79 Å². The van der Waals surface area contributed by atoms with Crippen LogP contribution in [0.5, 0.6) is 0 Å². The fourth-order valence-electron chi connectivity index (χ4n) is 3.16. The van der Waals surface area contributed by atoms with E-state index >= 15 is 0 Å². The molecule has 11 heteroatoms. The summed E-state index contributed by atoms with van der Waals surface area (Å²) in [6, 6.07) is 0.825. The molecule has 0 saturated carbocycles. The summed E-state index contributed by atoms with van der Waals surface area (Å²) >= 11 is 0. The van der Waals surface area contributed by atoms with Crippen molar-refractivity contribution in [2.75, 3.05) is 39.5 Å². The average Bonchev–Trinajstić information content (AvgIpc) is 2.74. The van der Waals surface area contributed by atoms with Crippen LogP contribution in [0.4, 0.5) is 4.79 Å². The van der Waals surface area contributed by atoms with Gasteiger partial charge in [-0.15, -0.1) is 13.2 Å². The Morgan fingerprint density at radius 1 is 0.706 bits per heavy atom. The lowest BCUT2D eigenvalue weighted by Gasteiger charge is -2.35. The van der Waals surface area contributed by atoms with Crippen LogP contribution in [0.2, 0.25) is 0 Å². The fourth-order valence-corrected chi connectivity index (χ4v) is 6.31. The van der Waals surface area contributed by atoms with Crippen LogP contribution in [-0.2, 0) is 18.1 Å². The van der Waals surface area contributed by atoms with Gasteiger partial charge in [0.05, 0.1) is 26.4 Å². The van der Waals surface area contributed by atoms with Gasteiger partial charge in [0.15, 0.2) is 0 Å². The number of amides is 2.